The van der Waals surface area contributed by atoms with Crippen LogP contribution in [0.5, 0.6) is 0 Å². The summed E-state index contributed by atoms with van der Waals surface area (Å²) in [6.07, 6.45) is 0. The van der Waals surface area contributed by atoms with Gasteiger partial charge in [-0.15, -0.1) is 11.3 Å². The summed E-state index contributed by atoms with van der Waals surface area (Å²) in [5, 5.41) is 0.473. The summed E-state index contributed by atoms with van der Waals surface area (Å²) >= 11 is 6.49. The minimum atomic E-state index is 0.473. The Morgan fingerprint density at radius 2 is 2.36 bits per heavy atom. The molecular formula is C7H9NOS2. The Kier molecular flexibility index (Phi) is 2.46. The molecule has 11 heavy (non-hydrogen) atoms. The molecule has 1 aromatic heterocycles. The molecule has 0 radical (unpaired) electrons. The molecule has 1 aromatic rings. The highest BCUT2D eigenvalue weighted by atomic mass is 32.1. The van der Waals surface area contributed by atoms with Gasteiger partial charge >= 0.3 is 0 Å². The second kappa shape index (κ2) is 3.19. The number of anilines is 1. The van der Waals surface area contributed by atoms with E-state index in [2.05, 4.69) is 0 Å². The van der Waals surface area contributed by atoms with Crippen LogP contribution in [0.25, 0.3) is 0 Å². The van der Waals surface area contributed by atoms with E-state index in [-0.39, 0.29) is 0 Å². The van der Waals surface area contributed by atoms with Crippen LogP contribution in [0.2, 0.25) is 0 Å². The van der Waals surface area contributed by atoms with Gasteiger partial charge in [-0.1, -0.05) is 0 Å². The fourth-order valence-electron chi connectivity index (χ4n) is 0.786. The molecule has 0 aliphatic heterocycles. The van der Waals surface area contributed by atoms with Crippen molar-refractivity contribution in [3.8, 4) is 0 Å². The van der Waals surface area contributed by atoms with Crippen LogP contribution in [0.15, 0.2) is 6.07 Å². The SMILES string of the molecule is COC(=S)c1sc(C)cc1N. The van der Waals surface area contributed by atoms with Gasteiger partial charge in [-0.25, -0.2) is 0 Å². The zero-order valence-corrected chi connectivity index (χ0v) is 8.01. The number of rotatable bonds is 1. The fourth-order valence-corrected chi connectivity index (χ4v) is 1.88. The van der Waals surface area contributed by atoms with Crippen molar-refractivity contribution in [3.63, 3.8) is 0 Å². The molecule has 0 spiro atoms. The van der Waals surface area contributed by atoms with E-state index in [0.29, 0.717) is 10.7 Å². The highest BCUT2D eigenvalue weighted by Gasteiger charge is 2.08. The van der Waals surface area contributed by atoms with Crippen molar-refractivity contribution in [2.75, 3.05) is 12.8 Å². The van der Waals surface area contributed by atoms with Crippen LogP contribution in [0.3, 0.4) is 0 Å². The van der Waals surface area contributed by atoms with Crippen molar-refractivity contribution in [1.29, 1.82) is 0 Å². The Morgan fingerprint density at radius 3 is 2.73 bits per heavy atom. The zero-order chi connectivity index (χ0) is 8.43. The van der Waals surface area contributed by atoms with Gasteiger partial charge in [-0.3, -0.25) is 0 Å². The number of methoxy groups -OCH3 is 1. The summed E-state index contributed by atoms with van der Waals surface area (Å²) < 4.78 is 4.89. The van der Waals surface area contributed by atoms with Gasteiger partial charge in [-0.05, 0) is 25.2 Å². The molecule has 0 saturated carbocycles. The summed E-state index contributed by atoms with van der Waals surface area (Å²) in [4.78, 5) is 2.01. The summed E-state index contributed by atoms with van der Waals surface area (Å²) in [5.74, 6) is 0. The summed E-state index contributed by atoms with van der Waals surface area (Å²) in [5.41, 5.74) is 6.37. The summed E-state index contributed by atoms with van der Waals surface area (Å²) in [6, 6.07) is 1.89. The third-order valence-electron chi connectivity index (χ3n) is 1.25. The first-order valence-electron chi connectivity index (χ1n) is 3.09. The van der Waals surface area contributed by atoms with Gasteiger partial charge in [0, 0.05) is 4.88 Å². The van der Waals surface area contributed by atoms with Crippen LogP contribution in [-0.2, 0) is 4.74 Å². The maximum atomic E-state index is 5.66. The maximum Gasteiger partial charge on any atom is 0.203 e. The Labute approximate surface area is 75.0 Å². The minimum absolute atomic E-state index is 0.473. The lowest BCUT2D eigenvalue weighted by Crippen LogP contribution is -1.99. The zero-order valence-electron chi connectivity index (χ0n) is 6.38. The van der Waals surface area contributed by atoms with Crippen LogP contribution in [-0.4, -0.2) is 12.2 Å². The van der Waals surface area contributed by atoms with Crippen molar-refractivity contribution >= 4 is 34.3 Å². The van der Waals surface area contributed by atoms with Gasteiger partial charge in [0.2, 0.25) is 5.05 Å². The van der Waals surface area contributed by atoms with E-state index in [1.165, 1.54) is 0 Å². The van der Waals surface area contributed by atoms with Gasteiger partial charge in [0.15, 0.2) is 0 Å². The number of hydrogen-bond acceptors (Lipinski definition) is 4. The molecule has 0 aliphatic rings. The number of thiocarbonyl (C=S) groups is 1. The van der Waals surface area contributed by atoms with Crippen LogP contribution in [0.1, 0.15) is 9.75 Å². The Balaban J connectivity index is 3.03. The third kappa shape index (κ3) is 1.70. The van der Waals surface area contributed by atoms with E-state index < -0.39 is 0 Å². The molecule has 1 rings (SSSR count). The van der Waals surface area contributed by atoms with Gasteiger partial charge in [0.25, 0.3) is 0 Å². The number of hydrogen-bond donors (Lipinski definition) is 1. The Morgan fingerprint density at radius 1 is 1.73 bits per heavy atom. The summed E-state index contributed by atoms with van der Waals surface area (Å²) in [7, 11) is 1.55. The molecular weight excluding hydrogens is 178 g/mol. The van der Waals surface area contributed by atoms with Crippen molar-refractivity contribution in [3.05, 3.63) is 15.8 Å². The summed E-state index contributed by atoms with van der Waals surface area (Å²) in [6.45, 7) is 1.99. The first-order chi connectivity index (χ1) is 5.15. The lowest BCUT2D eigenvalue weighted by Gasteiger charge is -1.98. The van der Waals surface area contributed by atoms with Crippen molar-refractivity contribution < 1.29 is 4.74 Å². The van der Waals surface area contributed by atoms with Crippen molar-refractivity contribution in [1.82, 2.24) is 0 Å². The number of thiophene rings is 1. The highest BCUT2D eigenvalue weighted by Crippen LogP contribution is 2.24. The molecule has 2 nitrogen and oxygen atoms in total. The highest BCUT2D eigenvalue weighted by molar-refractivity contribution is 7.80. The van der Waals surface area contributed by atoms with Crippen LogP contribution in [0, 0.1) is 6.92 Å². The number of aryl methyl sites for hydroxylation is 1. The molecule has 60 valence electrons. The lowest BCUT2D eigenvalue weighted by molar-refractivity contribution is 0.417. The smallest absolute Gasteiger partial charge is 0.203 e. The standard InChI is InChI=1S/C7H9NOS2/c1-4-3-5(8)6(11-4)7(10)9-2/h3H,8H2,1-2H3. The van der Waals surface area contributed by atoms with Gasteiger partial charge in [-0.2, -0.15) is 0 Å². The number of nitrogens with two attached hydrogens (primary N) is 1. The monoisotopic (exact) mass is 187 g/mol. The van der Waals surface area contributed by atoms with E-state index >= 15 is 0 Å². The molecule has 2 N–H and O–H groups in total. The molecule has 0 bridgehead atoms. The second-order valence-corrected chi connectivity index (χ2v) is 3.76. The molecule has 1 heterocycles. The normalized spacial score (nSPS) is 9.64. The van der Waals surface area contributed by atoms with Crippen LogP contribution < -0.4 is 5.73 Å². The van der Waals surface area contributed by atoms with Gasteiger partial charge in [0.05, 0.1) is 12.8 Å². The van der Waals surface area contributed by atoms with Crippen LogP contribution >= 0.6 is 23.6 Å². The van der Waals surface area contributed by atoms with Crippen molar-refractivity contribution in [2.24, 2.45) is 0 Å². The topological polar surface area (TPSA) is 35.2 Å². The van der Waals surface area contributed by atoms with Gasteiger partial charge in [0.1, 0.15) is 4.88 Å². The Hall–Kier alpha value is -0.610. The molecule has 0 aliphatic carbocycles. The molecule has 0 saturated heterocycles. The van der Waals surface area contributed by atoms with E-state index in [9.17, 15) is 0 Å². The quantitative estimate of drug-likeness (QED) is 0.683. The van der Waals surface area contributed by atoms with E-state index in [0.717, 1.165) is 9.75 Å². The first kappa shape index (κ1) is 8.49. The second-order valence-electron chi connectivity index (χ2n) is 2.13. The molecule has 0 amide bonds. The average Bonchev–Trinajstić information content (AvgIpc) is 2.28. The maximum absolute atomic E-state index is 5.66. The molecule has 0 fully saturated rings. The molecule has 0 aromatic carbocycles. The molecule has 4 heteroatoms. The average molecular weight is 187 g/mol. The Bertz CT molecular complexity index is 280. The lowest BCUT2D eigenvalue weighted by atomic mass is 10.4. The van der Waals surface area contributed by atoms with Gasteiger partial charge < -0.3 is 10.5 Å². The number of nitrogen functional groups attached to an aromatic ring is 1. The van der Waals surface area contributed by atoms with E-state index in [1.54, 1.807) is 18.4 Å². The van der Waals surface area contributed by atoms with E-state index in [1.807, 2.05) is 13.0 Å². The first-order valence-corrected chi connectivity index (χ1v) is 4.32. The minimum Gasteiger partial charge on any atom is -0.486 e. The molecule has 0 atom stereocenters. The predicted molar refractivity (Wildman–Crippen MR) is 52.2 cm³/mol. The fraction of sp³-hybridized carbons (Fsp3) is 0.286. The predicted octanol–water partition coefficient (Wildman–Crippen LogP) is 1.96. The largest absolute Gasteiger partial charge is 0.486 e. The van der Waals surface area contributed by atoms with Crippen molar-refractivity contribution in [2.45, 2.75) is 6.92 Å². The number of ether oxygens (including phenoxy) is 1. The third-order valence-corrected chi connectivity index (χ3v) is 2.82. The molecule has 0 unspecified atom stereocenters. The van der Waals surface area contributed by atoms with E-state index in [4.69, 9.17) is 22.7 Å². The van der Waals surface area contributed by atoms with Crippen LogP contribution in [0.4, 0.5) is 5.69 Å².